The van der Waals surface area contributed by atoms with Crippen molar-refractivity contribution in [2.24, 2.45) is 0 Å². The van der Waals surface area contributed by atoms with Crippen molar-refractivity contribution in [1.29, 1.82) is 5.26 Å². The Morgan fingerprint density at radius 1 is 1.50 bits per heavy atom. The number of hydrogen-bond donors (Lipinski definition) is 2. The molecule has 1 unspecified atom stereocenters. The van der Waals surface area contributed by atoms with Crippen LogP contribution in [0.25, 0.3) is 0 Å². The summed E-state index contributed by atoms with van der Waals surface area (Å²) < 4.78 is 0. The Labute approximate surface area is 95.8 Å². The van der Waals surface area contributed by atoms with E-state index in [1.54, 1.807) is 0 Å². The van der Waals surface area contributed by atoms with Crippen molar-refractivity contribution in [3.8, 4) is 6.07 Å². The summed E-state index contributed by atoms with van der Waals surface area (Å²) in [6.45, 7) is 3.52. The smallest absolute Gasteiger partial charge is 0.222 e. The van der Waals surface area contributed by atoms with Gasteiger partial charge in [0.15, 0.2) is 0 Å². The van der Waals surface area contributed by atoms with Gasteiger partial charge in [0.05, 0.1) is 12.5 Å². The molecule has 0 aromatic rings. The lowest BCUT2D eigenvalue weighted by Crippen LogP contribution is -2.49. The molecule has 1 saturated heterocycles. The summed E-state index contributed by atoms with van der Waals surface area (Å²) >= 11 is 0. The van der Waals surface area contributed by atoms with Gasteiger partial charge in [-0.2, -0.15) is 5.26 Å². The molecule has 0 radical (unpaired) electrons. The fourth-order valence-corrected chi connectivity index (χ4v) is 1.94. The quantitative estimate of drug-likeness (QED) is 0.670. The molecular weight excluding hydrogens is 204 g/mol. The minimum atomic E-state index is -0.263. The van der Waals surface area contributed by atoms with Gasteiger partial charge >= 0.3 is 0 Å². The summed E-state index contributed by atoms with van der Waals surface area (Å²) in [5, 5.41) is 15.2. The Hall–Kier alpha value is -1.12. The minimum absolute atomic E-state index is 0.0209. The van der Waals surface area contributed by atoms with Gasteiger partial charge in [-0.3, -0.25) is 9.69 Å². The maximum Gasteiger partial charge on any atom is 0.222 e. The second kappa shape index (κ2) is 5.28. The highest BCUT2D eigenvalue weighted by molar-refractivity contribution is 5.77. The van der Waals surface area contributed by atoms with Crippen molar-refractivity contribution >= 4 is 5.91 Å². The van der Waals surface area contributed by atoms with E-state index in [1.165, 1.54) is 0 Å². The van der Waals surface area contributed by atoms with Crippen LogP contribution in [0.5, 0.6) is 0 Å². The maximum absolute atomic E-state index is 11.6. The molecule has 88 valence electrons. The zero-order chi connectivity index (χ0) is 11.4. The van der Waals surface area contributed by atoms with Gasteiger partial charge in [-0.15, -0.1) is 0 Å². The van der Waals surface area contributed by atoms with Crippen LogP contribution in [0.3, 0.4) is 0 Å². The molecule has 2 fully saturated rings. The molecule has 5 nitrogen and oxygen atoms in total. The number of carbonyl (C=O) groups excluding carboxylic acids is 1. The highest BCUT2D eigenvalue weighted by atomic mass is 16.1. The van der Waals surface area contributed by atoms with E-state index >= 15 is 0 Å². The van der Waals surface area contributed by atoms with Crippen LogP contribution in [0.2, 0.25) is 0 Å². The SMILES string of the molecule is N#CC(CC(=O)NC1CC1)N1CCNCC1. The van der Waals surface area contributed by atoms with Crippen molar-refractivity contribution in [3.05, 3.63) is 0 Å². The predicted molar refractivity (Wildman–Crippen MR) is 59.6 cm³/mol. The Morgan fingerprint density at radius 2 is 2.19 bits per heavy atom. The summed E-state index contributed by atoms with van der Waals surface area (Å²) in [5.41, 5.74) is 0. The largest absolute Gasteiger partial charge is 0.353 e. The van der Waals surface area contributed by atoms with Crippen LogP contribution in [0.4, 0.5) is 0 Å². The second-order valence-electron chi connectivity index (χ2n) is 4.48. The van der Waals surface area contributed by atoms with Crippen LogP contribution < -0.4 is 10.6 Å². The first-order valence-corrected chi connectivity index (χ1v) is 5.93. The zero-order valence-electron chi connectivity index (χ0n) is 9.41. The monoisotopic (exact) mass is 222 g/mol. The van der Waals surface area contributed by atoms with Gasteiger partial charge in [0, 0.05) is 32.2 Å². The van der Waals surface area contributed by atoms with E-state index in [0.717, 1.165) is 39.0 Å². The van der Waals surface area contributed by atoms with Crippen LogP contribution in [0.1, 0.15) is 19.3 Å². The Kier molecular flexibility index (Phi) is 3.75. The lowest BCUT2D eigenvalue weighted by atomic mass is 10.1. The third-order valence-electron chi connectivity index (χ3n) is 3.06. The highest BCUT2D eigenvalue weighted by Gasteiger charge is 2.27. The van der Waals surface area contributed by atoms with Crippen molar-refractivity contribution in [2.75, 3.05) is 26.2 Å². The molecule has 1 atom stereocenters. The van der Waals surface area contributed by atoms with Crippen LogP contribution in [0.15, 0.2) is 0 Å². The van der Waals surface area contributed by atoms with E-state index in [1.807, 2.05) is 0 Å². The first-order valence-electron chi connectivity index (χ1n) is 5.93. The fourth-order valence-electron chi connectivity index (χ4n) is 1.94. The number of rotatable bonds is 4. The summed E-state index contributed by atoms with van der Waals surface area (Å²) in [5.74, 6) is 0.0209. The summed E-state index contributed by atoms with van der Waals surface area (Å²) in [6.07, 6.45) is 2.50. The number of piperazine rings is 1. The normalized spacial score (nSPS) is 23.4. The molecule has 1 amide bonds. The van der Waals surface area contributed by atoms with E-state index in [9.17, 15) is 4.79 Å². The molecule has 2 rings (SSSR count). The van der Waals surface area contributed by atoms with Gasteiger partial charge in [0.2, 0.25) is 5.91 Å². The molecular formula is C11H18N4O. The molecule has 5 heteroatoms. The van der Waals surface area contributed by atoms with Crippen LogP contribution in [-0.4, -0.2) is 49.1 Å². The number of hydrogen-bond acceptors (Lipinski definition) is 4. The fraction of sp³-hybridized carbons (Fsp3) is 0.818. The van der Waals surface area contributed by atoms with Crippen LogP contribution >= 0.6 is 0 Å². The topological polar surface area (TPSA) is 68.2 Å². The average molecular weight is 222 g/mol. The van der Waals surface area contributed by atoms with Crippen molar-refractivity contribution in [3.63, 3.8) is 0 Å². The third-order valence-corrected chi connectivity index (χ3v) is 3.06. The number of nitriles is 1. The standard InChI is InChI=1S/C11H18N4O/c12-8-10(15-5-3-13-4-6-15)7-11(16)14-9-1-2-9/h9-10,13H,1-7H2,(H,14,16). The molecule has 0 spiro atoms. The van der Waals surface area contributed by atoms with E-state index in [-0.39, 0.29) is 11.9 Å². The van der Waals surface area contributed by atoms with Gasteiger partial charge < -0.3 is 10.6 Å². The van der Waals surface area contributed by atoms with Gasteiger partial charge in [-0.1, -0.05) is 0 Å². The van der Waals surface area contributed by atoms with Gasteiger partial charge in [-0.25, -0.2) is 0 Å². The number of amides is 1. The molecule has 1 saturated carbocycles. The molecule has 1 heterocycles. The highest BCUT2D eigenvalue weighted by Crippen LogP contribution is 2.19. The lowest BCUT2D eigenvalue weighted by molar-refractivity contribution is -0.122. The second-order valence-corrected chi connectivity index (χ2v) is 4.48. The molecule has 2 aliphatic rings. The molecule has 0 aromatic carbocycles. The number of nitrogens with one attached hydrogen (secondary N) is 2. The van der Waals surface area contributed by atoms with Gasteiger partial charge in [0.25, 0.3) is 0 Å². The van der Waals surface area contributed by atoms with E-state index < -0.39 is 0 Å². The van der Waals surface area contributed by atoms with Crippen LogP contribution in [-0.2, 0) is 4.79 Å². The molecule has 16 heavy (non-hydrogen) atoms. The van der Waals surface area contributed by atoms with E-state index in [2.05, 4.69) is 21.6 Å². The predicted octanol–water partition coefficient (Wildman–Crippen LogP) is -0.548. The Bertz CT molecular complexity index is 289. The first kappa shape index (κ1) is 11.4. The summed E-state index contributed by atoms with van der Waals surface area (Å²) in [4.78, 5) is 13.7. The summed E-state index contributed by atoms with van der Waals surface area (Å²) in [7, 11) is 0. The minimum Gasteiger partial charge on any atom is -0.353 e. The van der Waals surface area contributed by atoms with E-state index in [4.69, 9.17) is 5.26 Å². The number of carbonyl (C=O) groups is 1. The van der Waals surface area contributed by atoms with Crippen molar-refractivity contribution in [2.45, 2.75) is 31.3 Å². The zero-order valence-corrected chi connectivity index (χ0v) is 9.41. The Morgan fingerprint density at radius 3 is 2.75 bits per heavy atom. The average Bonchev–Trinajstić information content (AvgIpc) is 3.11. The van der Waals surface area contributed by atoms with E-state index in [0.29, 0.717) is 12.5 Å². The molecule has 1 aliphatic heterocycles. The molecule has 0 bridgehead atoms. The van der Waals surface area contributed by atoms with Crippen LogP contribution in [0, 0.1) is 11.3 Å². The lowest BCUT2D eigenvalue weighted by Gasteiger charge is -2.30. The first-order chi connectivity index (χ1) is 7.79. The van der Waals surface area contributed by atoms with Gasteiger partial charge in [-0.05, 0) is 12.8 Å². The van der Waals surface area contributed by atoms with Crippen molar-refractivity contribution < 1.29 is 4.79 Å². The molecule has 2 N–H and O–H groups in total. The third kappa shape index (κ3) is 3.19. The maximum atomic E-state index is 11.6. The molecule has 0 aromatic heterocycles. The Balaban J connectivity index is 1.79. The van der Waals surface area contributed by atoms with Gasteiger partial charge in [0.1, 0.15) is 6.04 Å². The van der Waals surface area contributed by atoms with Crippen molar-refractivity contribution in [1.82, 2.24) is 15.5 Å². The summed E-state index contributed by atoms with van der Waals surface area (Å²) in [6, 6.07) is 2.35. The number of nitrogens with zero attached hydrogens (tertiary/aromatic N) is 2. The molecule has 1 aliphatic carbocycles.